The Balaban J connectivity index is 2.29. The third kappa shape index (κ3) is 4.98. The van der Waals surface area contributed by atoms with Crippen molar-refractivity contribution in [3.8, 4) is 5.75 Å². The van der Waals surface area contributed by atoms with Crippen LogP contribution in [0.25, 0.3) is 0 Å². The normalized spacial score (nSPS) is 10.8. The van der Waals surface area contributed by atoms with E-state index in [9.17, 15) is 8.78 Å². The van der Waals surface area contributed by atoms with Crippen molar-refractivity contribution in [1.82, 2.24) is 0 Å². The van der Waals surface area contributed by atoms with Gasteiger partial charge in [-0.1, -0.05) is 50.3 Å². The highest BCUT2D eigenvalue weighted by Gasteiger charge is 2.17. The van der Waals surface area contributed by atoms with Gasteiger partial charge in [-0.2, -0.15) is 0 Å². The van der Waals surface area contributed by atoms with E-state index in [-0.39, 0.29) is 12.2 Å². The Morgan fingerprint density at radius 2 is 1.96 bits per heavy atom. The Morgan fingerprint density at radius 1 is 1.20 bits per heavy atom. The number of thiocarbonyl (C=S) groups is 1. The molecule has 0 amide bonds. The van der Waals surface area contributed by atoms with E-state index in [1.807, 2.05) is 26.0 Å². The van der Waals surface area contributed by atoms with Gasteiger partial charge >= 0.3 is 0 Å². The highest BCUT2D eigenvalue weighted by molar-refractivity contribution is 7.80. The first kappa shape index (κ1) is 19.3. The maximum Gasteiger partial charge on any atom is 0.264 e. The van der Waals surface area contributed by atoms with Gasteiger partial charge in [-0.3, -0.25) is 0 Å². The van der Waals surface area contributed by atoms with Crippen LogP contribution in [0.3, 0.4) is 0 Å². The van der Waals surface area contributed by atoms with Crippen molar-refractivity contribution >= 4 is 22.9 Å². The maximum absolute atomic E-state index is 13.4. The van der Waals surface area contributed by atoms with Crippen LogP contribution in [0.15, 0.2) is 36.4 Å². The molecule has 0 heterocycles. The van der Waals surface area contributed by atoms with Crippen molar-refractivity contribution in [1.29, 1.82) is 0 Å². The second-order valence-corrected chi connectivity index (χ2v) is 6.31. The van der Waals surface area contributed by atoms with Crippen LogP contribution in [0.4, 0.5) is 14.5 Å². The number of ether oxygens (including phenoxy) is 1. The average Bonchev–Trinajstić information content (AvgIpc) is 2.60. The topological polar surface area (TPSA) is 21.3 Å². The molecule has 134 valence electrons. The Kier molecular flexibility index (Phi) is 6.88. The lowest BCUT2D eigenvalue weighted by atomic mass is 10.1. The number of rotatable bonds is 7. The molecular formula is C20H23F2NOS. The lowest BCUT2D eigenvalue weighted by molar-refractivity contribution is 0.148. The molecule has 0 aliphatic carbocycles. The number of alkyl halides is 2. The average molecular weight is 363 g/mol. The monoisotopic (exact) mass is 363 g/mol. The van der Waals surface area contributed by atoms with E-state index in [4.69, 9.17) is 17.0 Å². The minimum Gasteiger partial charge on any atom is -0.489 e. The number of benzene rings is 2. The summed E-state index contributed by atoms with van der Waals surface area (Å²) in [6.45, 7) is 6.02. The van der Waals surface area contributed by atoms with Gasteiger partial charge < -0.3 is 10.1 Å². The molecule has 2 aromatic rings. The van der Waals surface area contributed by atoms with Gasteiger partial charge in [-0.15, -0.1) is 0 Å². The van der Waals surface area contributed by atoms with Crippen LogP contribution in [0, 0.1) is 6.92 Å². The molecule has 0 bridgehead atoms. The lowest BCUT2D eigenvalue weighted by Crippen LogP contribution is -2.12. The first-order valence-corrected chi connectivity index (χ1v) is 8.79. The molecule has 0 spiro atoms. The maximum atomic E-state index is 13.4. The fourth-order valence-corrected chi connectivity index (χ4v) is 2.68. The molecule has 0 fully saturated rings. The van der Waals surface area contributed by atoms with E-state index in [0.29, 0.717) is 28.4 Å². The number of anilines is 1. The molecule has 0 aliphatic heterocycles. The molecule has 2 nitrogen and oxygen atoms in total. The smallest absolute Gasteiger partial charge is 0.264 e. The first-order chi connectivity index (χ1) is 12.0. The number of hydrogen-bond donors (Lipinski definition) is 1. The zero-order chi connectivity index (χ0) is 18.4. The fraction of sp³-hybridized carbons (Fsp3) is 0.350. The van der Waals surface area contributed by atoms with E-state index in [1.165, 1.54) is 11.6 Å². The van der Waals surface area contributed by atoms with E-state index in [1.54, 1.807) is 12.1 Å². The highest BCUT2D eigenvalue weighted by Crippen LogP contribution is 2.30. The number of halogens is 2. The Morgan fingerprint density at radius 3 is 2.56 bits per heavy atom. The molecule has 0 aromatic heterocycles. The molecule has 2 rings (SSSR count). The fourth-order valence-electron chi connectivity index (χ4n) is 2.57. The van der Waals surface area contributed by atoms with Gasteiger partial charge in [-0.05, 0) is 43.0 Å². The Hall–Kier alpha value is -2.01. The van der Waals surface area contributed by atoms with Crippen LogP contribution in [0.2, 0.25) is 0 Å². The summed E-state index contributed by atoms with van der Waals surface area (Å²) in [5.74, 6) is 0.699. The summed E-state index contributed by atoms with van der Waals surface area (Å²) in [5.41, 5.74) is 3.19. The van der Waals surface area contributed by atoms with Crippen molar-refractivity contribution < 1.29 is 13.5 Å². The van der Waals surface area contributed by atoms with Crippen LogP contribution in [-0.2, 0) is 13.0 Å². The van der Waals surface area contributed by atoms with Crippen molar-refractivity contribution in [2.24, 2.45) is 0 Å². The van der Waals surface area contributed by atoms with Gasteiger partial charge in [0.15, 0.2) is 0 Å². The summed E-state index contributed by atoms with van der Waals surface area (Å²) in [7, 11) is 0. The van der Waals surface area contributed by atoms with Gasteiger partial charge in [0.1, 0.15) is 12.4 Å². The summed E-state index contributed by atoms with van der Waals surface area (Å²) in [4.78, 5) is 0.608. The molecule has 0 saturated heterocycles. The Labute approximate surface area is 153 Å². The van der Waals surface area contributed by atoms with Crippen molar-refractivity contribution in [3.63, 3.8) is 0 Å². The van der Waals surface area contributed by atoms with Gasteiger partial charge in [0.2, 0.25) is 0 Å². The summed E-state index contributed by atoms with van der Waals surface area (Å²) in [5, 5.41) is 3.04. The minimum absolute atomic E-state index is 0.0354. The van der Waals surface area contributed by atoms with Gasteiger partial charge in [0, 0.05) is 16.8 Å². The van der Waals surface area contributed by atoms with E-state index in [0.717, 1.165) is 12.0 Å². The molecule has 1 N–H and O–H groups in total. The molecular weight excluding hydrogens is 340 g/mol. The molecule has 2 aromatic carbocycles. The van der Waals surface area contributed by atoms with Gasteiger partial charge in [-0.25, -0.2) is 8.78 Å². The molecule has 0 unspecified atom stereocenters. The molecule has 0 radical (unpaired) electrons. The quantitative estimate of drug-likeness (QED) is 0.590. The molecule has 25 heavy (non-hydrogen) atoms. The summed E-state index contributed by atoms with van der Waals surface area (Å²) >= 11 is 5.19. The Bertz CT molecular complexity index is 746. The van der Waals surface area contributed by atoms with Crippen LogP contribution in [0.1, 0.15) is 48.9 Å². The molecule has 0 atom stereocenters. The largest absolute Gasteiger partial charge is 0.489 e. The van der Waals surface area contributed by atoms with Gasteiger partial charge in [0.25, 0.3) is 6.43 Å². The molecule has 0 saturated carbocycles. The predicted octanol–water partition coefficient (Wildman–Crippen LogP) is 6.22. The van der Waals surface area contributed by atoms with E-state index < -0.39 is 6.43 Å². The standard InChI is InChI=1S/C20H23F2NOS/c1-4-14-9-10-18(13(3)11-14)24-12-16-15(20(21)22)7-6-8-17(16)23-19(25)5-2/h6-11,20H,4-5,12H2,1-3H3,(H,23,25). The number of hydrogen-bond acceptors (Lipinski definition) is 2. The third-order valence-corrected chi connectivity index (χ3v) is 4.45. The van der Waals surface area contributed by atoms with Crippen LogP contribution in [0.5, 0.6) is 5.75 Å². The summed E-state index contributed by atoms with van der Waals surface area (Å²) in [6.07, 6.45) is -0.983. The van der Waals surface area contributed by atoms with Crippen LogP contribution < -0.4 is 10.1 Å². The van der Waals surface area contributed by atoms with Crippen molar-refractivity contribution in [3.05, 3.63) is 58.7 Å². The second-order valence-electron chi connectivity index (χ2n) is 5.82. The lowest BCUT2D eigenvalue weighted by Gasteiger charge is -2.18. The van der Waals surface area contributed by atoms with Gasteiger partial charge in [0.05, 0.1) is 4.99 Å². The number of aryl methyl sites for hydroxylation is 2. The van der Waals surface area contributed by atoms with Crippen molar-refractivity contribution in [2.45, 2.75) is 46.6 Å². The molecule has 5 heteroatoms. The van der Waals surface area contributed by atoms with E-state index >= 15 is 0 Å². The SMILES string of the molecule is CCC(=S)Nc1cccc(C(F)F)c1COc1ccc(CC)cc1C. The number of nitrogens with one attached hydrogen (secondary N) is 1. The predicted molar refractivity (Wildman–Crippen MR) is 103 cm³/mol. The first-order valence-electron chi connectivity index (χ1n) is 8.38. The van der Waals surface area contributed by atoms with E-state index in [2.05, 4.69) is 18.3 Å². The summed E-state index contributed by atoms with van der Waals surface area (Å²) < 4.78 is 32.7. The second kappa shape index (κ2) is 8.90. The van der Waals surface area contributed by atoms with Crippen LogP contribution in [-0.4, -0.2) is 4.99 Å². The van der Waals surface area contributed by atoms with Crippen molar-refractivity contribution in [2.75, 3.05) is 5.32 Å². The minimum atomic E-state index is -2.57. The third-order valence-electron chi connectivity index (χ3n) is 4.06. The summed E-state index contributed by atoms with van der Waals surface area (Å²) in [6, 6.07) is 10.7. The highest BCUT2D eigenvalue weighted by atomic mass is 32.1. The zero-order valence-electron chi connectivity index (χ0n) is 14.7. The van der Waals surface area contributed by atoms with Crippen LogP contribution >= 0.6 is 12.2 Å². The zero-order valence-corrected chi connectivity index (χ0v) is 15.6. The molecule has 0 aliphatic rings.